The first-order valence-corrected chi connectivity index (χ1v) is 13.2. The third-order valence-electron chi connectivity index (χ3n) is 4.91. The third kappa shape index (κ3) is 4.07. The minimum Gasteiger partial charge on any atom is -0.308 e. The van der Waals surface area contributed by atoms with Gasteiger partial charge in [-0.2, -0.15) is 0 Å². The van der Waals surface area contributed by atoms with Crippen LogP contribution in [0.1, 0.15) is 18.4 Å². The highest BCUT2D eigenvalue weighted by atomic mass is 28.3. The van der Waals surface area contributed by atoms with E-state index in [4.69, 9.17) is 0 Å². The molecule has 0 N–H and O–H groups in total. The van der Waals surface area contributed by atoms with E-state index in [9.17, 15) is 4.79 Å². The minimum atomic E-state index is -1.42. The summed E-state index contributed by atoms with van der Waals surface area (Å²) < 4.78 is 1.95. The lowest BCUT2D eigenvalue weighted by Gasteiger charge is -2.13. The van der Waals surface area contributed by atoms with Crippen LogP contribution in [0.2, 0.25) is 19.6 Å². The second-order valence-electron chi connectivity index (χ2n) is 8.55. The number of rotatable bonds is 3. The maximum absolute atomic E-state index is 12.9. The number of hydrogen-bond donors (Lipinski definition) is 0. The average Bonchev–Trinajstić information content (AvgIpc) is 3.46. The highest BCUT2D eigenvalue weighted by Crippen LogP contribution is 2.33. The molecule has 4 rings (SSSR count). The van der Waals surface area contributed by atoms with Gasteiger partial charge < -0.3 is 4.57 Å². The molecule has 3 heteroatoms. The van der Waals surface area contributed by atoms with Crippen molar-refractivity contribution in [2.45, 2.75) is 39.0 Å². The lowest BCUT2D eigenvalue weighted by molar-refractivity contribution is 0.627. The van der Waals surface area contributed by atoms with E-state index in [1.165, 1.54) is 12.8 Å². The van der Waals surface area contributed by atoms with Gasteiger partial charge in [0.2, 0.25) is 0 Å². The topological polar surface area (TPSA) is 22.0 Å². The summed E-state index contributed by atoms with van der Waals surface area (Å²) >= 11 is 0. The lowest BCUT2D eigenvalue weighted by atomic mass is 9.99. The normalized spacial score (nSPS) is 14.0. The van der Waals surface area contributed by atoms with E-state index in [0.717, 1.165) is 34.1 Å². The van der Waals surface area contributed by atoms with Crippen molar-refractivity contribution in [3.8, 4) is 22.6 Å². The van der Waals surface area contributed by atoms with E-state index in [-0.39, 0.29) is 5.56 Å². The van der Waals surface area contributed by atoms with E-state index in [2.05, 4.69) is 55.4 Å². The number of pyridine rings is 1. The van der Waals surface area contributed by atoms with Crippen molar-refractivity contribution in [3.63, 3.8) is 0 Å². The highest BCUT2D eigenvalue weighted by Gasteiger charge is 2.23. The van der Waals surface area contributed by atoms with E-state index in [1.807, 2.05) is 28.8 Å². The molecule has 2 aromatic carbocycles. The fourth-order valence-electron chi connectivity index (χ4n) is 3.34. The van der Waals surface area contributed by atoms with Crippen molar-refractivity contribution in [2.24, 2.45) is 5.92 Å². The Morgan fingerprint density at radius 3 is 2.56 bits per heavy atom. The molecule has 0 saturated heterocycles. The van der Waals surface area contributed by atoms with Gasteiger partial charge in [-0.15, -0.1) is 5.54 Å². The lowest BCUT2D eigenvalue weighted by Crippen LogP contribution is -2.21. The fraction of sp³-hybridized carbons (Fsp3) is 0.292. The molecular weight excluding hydrogens is 346 g/mol. The Bertz CT molecular complexity index is 1120. The summed E-state index contributed by atoms with van der Waals surface area (Å²) in [7, 11) is -1.42. The number of benzene rings is 2. The van der Waals surface area contributed by atoms with Crippen LogP contribution in [-0.2, 0) is 6.54 Å². The molecule has 1 saturated carbocycles. The van der Waals surface area contributed by atoms with Crippen molar-refractivity contribution in [3.05, 3.63) is 70.5 Å². The summed E-state index contributed by atoms with van der Waals surface area (Å²) in [4.78, 5) is 12.9. The number of hydrogen-bond acceptors (Lipinski definition) is 1. The van der Waals surface area contributed by atoms with Crippen molar-refractivity contribution in [2.75, 3.05) is 0 Å². The van der Waals surface area contributed by atoms with Crippen molar-refractivity contribution in [1.29, 1.82) is 0 Å². The number of nitrogens with zero attached hydrogens (tertiary/aromatic N) is 1. The molecule has 1 fully saturated rings. The molecular formula is C24H25NOSi. The van der Waals surface area contributed by atoms with Crippen LogP contribution in [0.15, 0.2) is 59.4 Å². The molecule has 0 unspecified atom stereocenters. The summed E-state index contributed by atoms with van der Waals surface area (Å²) in [6.07, 6.45) is 2.47. The predicted molar refractivity (Wildman–Crippen MR) is 117 cm³/mol. The van der Waals surface area contributed by atoms with Crippen LogP contribution in [0.25, 0.3) is 22.0 Å². The van der Waals surface area contributed by atoms with Crippen LogP contribution in [0.3, 0.4) is 0 Å². The Morgan fingerprint density at radius 2 is 1.81 bits per heavy atom. The van der Waals surface area contributed by atoms with Gasteiger partial charge in [0.1, 0.15) is 8.07 Å². The van der Waals surface area contributed by atoms with Crippen LogP contribution in [0.4, 0.5) is 0 Å². The van der Waals surface area contributed by atoms with Crippen molar-refractivity contribution >= 4 is 19.0 Å². The number of fused-ring (bicyclic) bond motifs is 1. The first-order valence-electron chi connectivity index (χ1n) is 9.67. The molecule has 0 radical (unpaired) electrons. The standard InChI is InChI=1S/C24H25NOSi/c1-27(2,3)14-13-18-7-6-8-20(15-18)22-16-24(26)25(17-19-11-12-19)23-10-5-4-9-21(22)23/h4-10,15-16,19H,11-12,17H2,1-3H3. The van der Waals surface area contributed by atoms with Gasteiger partial charge in [0.05, 0.1) is 5.52 Å². The van der Waals surface area contributed by atoms with E-state index < -0.39 is 8.07 Å². The van der Waals surface area contributed by atoms with Gasteiger partial charge in [-0.1, -0.05) is 55.9 Å². The van der Waals surface area contributed by atoms with Crippen LogP contribution in [0.5, 0.6) is 0 Å². The van der Waals surface area contributed by atoms with Gasteiger partial charge in [0.25, 0.3) is 5.56 Å². The molecule has 27 heavy (non-hydrogen) atoms. The minimum absolute atomic E-state index is 0.0918. The van der Waals surface area contributed by atoms with Crippen molar-refractivity contribution in [1.82, 2.24) is 4.57 Å². The smallest absolute Gasteiger partial charge is 0.251 e. The summed E-state index contributed by atoms with van der Waals surface area (Å²) in [5, 5.41) is 1.13. The van der Waals surface area contributed by atoms with Gasteiger partial charge in [-0.05, 0) is 48.1 Å². The largest absolute Gasteiger partial charge is 0.308 e. The summed E-state index contributed by atoms with van der Waals surface area (Å²) in [6, 6.07) is 18.3. The molecule has 0 atom stereocenters. The molecule has 1 heterocycles. The molecule has 0 amide bonds. The molecule has 0 spiro atoms. The average molecular weight is 372 g/mol. The Hall–Kier alpha value is -2.57. The van der Waals surface area contributed by atoms with E-state index in [0.29, 0.717) is 5.92 Å². The van der Waals surface area contributed by atoms with E-state index >= 15 is 0 Å². The maximum atomic E-state index is 12.9. The molecule has 3 aromatic rings. The zero-order valence-corrected chi connectivity index (χ0v) is 17.3. The summed E-state index contributed by atoms with van der Waals surface area (Å²) in [6.45, 7) is 7.58. The second-order valence-corrected chi connectivity index (χ2v) is 13.3. The third-order valence-corrected chi connectivity index (χ3v) is 5.79. The predicted octanol–water partition coefficient (Wildman–Crippen LogP) is 5.31. The Labute approximate surface area is 161 Å². The van der Waals surface area contributed by atoms with Gasteiger partial charge in [0, 0.05) is 23.6 Å². The monoisotopic (exact) mass is 371 g/mol. The van der Waals surface area contributed by atoms with Crippen LogP contribution in [0, 0.1) is 17.4 Å². The fourth-order valence-corrected chi connectivity index (χ4v) is 3.86. The Balaban J connectivity index is 1.85. The van der Waals surface area contributed by atoms with Crippen LogP contribution < -0.4 is 5.56 Å². The second kappa shape index (κ2) is 6.87. The molecule has 1 aliphatic rings. The quantitative estimate of drug-likeness (QED) is 0.452. The molecule has 1 aliphatic carbocycles. The summed E-state index contributed by atoms with van der Waals surface area (Å²) in [5.41, 5.74) is 7.62. The highest BCUT2D eigenvalue weighted by molar-refractivity contribution is 6.83. The maximum Gasteiger partial charge on any atom is 0.251 e. The van der Waals surface area contributed by atoms with Gasteiger partial charge in [-0.3, -0.25) is 4.79 Å². The van der Waals surface area contributed by atoms with Crippen molar-refractivity contribution < 1.29 is 0 Å². The first kappa shape index (κ1) is 17.8. The van der Waals surface area contributed by atoms with Crippen LogP contribution in [-0.4, -0.2) is 12.6 Å². The molecule has 1 aromatic heterocycles. The van der Waals surface area contributed by atoms with Gasteiger partial charge >= 0.3 is 0 Å². The zero-order valence-electron chi connectivity index (χ0n) is 16.3. The molecule has 0 bridgehead atoms. The summed E-state index contributed by atoms with van der Waals surface area (Å²) in [5.74, 6) is 4.00. The SMILES string of the molecule is C[Si](C)(C)C#Cc1cccc(-c2cc(=O)n(CC3CC3)c3ccccc23)c1. The van der Waals surface area contributed by atoms with E-state index in [1.54, 1.807) is 6.07 Å². The molecule has 2 nitrogen and oxygen atoms in total. The Kier molecular flexibility index (Phi) is 4.53. The van der Waals surface area contributed by atoms with Crippen LogP contribution >= 0.6 is 0 Å². The zero-order chi connectivity index (χ0) is 19.0. The number of aromatic nitrogens is 1. The molecule has 0 aliphatic heterocycles. The van der Waals surface area contributed by atoms with Gasteiger partial charge in [0.15, 0.2) is 0 Å². The first-order chi connectivity index (χ1) is 12.9. The number of para-hydroxylation sites is 1. The van der Waals surface area contributed by atoms with Gasteiger partial charge in [-0.25, -0.2) is 0 Å². The molecule has 136 valence electrons. The Morgan fingerprint density at radius 1 is 1.04 bits per heavy atom.